The molecular formula is C15H28N2O2S2. The maximum atomic E-state index is 12.4. The highest BCUT2D eigenvalue weighted by atomic mass is 32.2. The summed E-state index contributed by atoms with van der Waals surface area (Å²) < 4.78 is 28.0. The van der Waals surface area contributed by atoms with E-state index in [0.29, 0.717) is 16.7 Å². The van der Waals surface area contributed by atoms with Crippen molar-refractivity contribution in [2.45, 2.75) is 52.3 Å². The van der Waals surface area contributed by atoms with Crippen molar-refractivity contribution in [3.8, 4) is 0 Å². The lowest BCUT2D eigenvalue weighted by atomic mass is 9.81. The first-order valence-corrected chi connectivity index (χ1v) is 9.70. The van der Waals surface area contributed by atoms with Gasteiger partial charge in [-0.3, -0.25) is 0 Å². The maximum Gasteiger partial charge on any atom is 0.250 e. The molecule has 0 aliphatic rings. The largest absolute Gasteiger partial charge is 0.312 e. The fourth-order valence-electron chi connectivity index (χ4n) is 1.59. The number of aryl methyl sites for hydroxylation is 1. The summed E-state index contributed by atoms with van der Waals surface area (Å²) in [6.45, 7) is 14.4. The summed E-state index contributed by atoms with van der Waals surface area (Å²) in [5, 5.41) is 3.24. The van der Waals surface area contributed by atoms with Crippen LogP contribution in [0, 0.1) is 18.3 Å². The number of sulfonamides is 1. The van der Waals surface area contributed by atoms with Gasteiger partial charge in [-0.25, -0.2) is 13.1 Å². The molecule has 0 atom stereocenters. The summed E-state index contributed by atoms with van der Waals surface area (Å²) >= 11 is 1.35. The summed E-state index contributed by atoms with van der Waals surface area (Å²) in [6, 6.07) is 1.77. The number of thiophene rings is 1. The number of hydrogen-bond donors (Lipinski definition) is 2. The molecule has 0 saturated carbocycles. The molecule has 0 aliphatic carbocycles. The number of nitrogens with one attached hydrogen (secondary N) is 2. The summed E-state index contributed by atoms with van der Waals surface area (Å²) in [7, 11) is -3.41. The lowest BCUT2D eigenvalue weighted by Crippen LogP contribution is -2.36. The molecule has 6 heteroatoms. The van der Waals surface area contributed by atoms with E-state index in [1.165, 1.54) is 11.3 Å². The van der Waals surface area contributed by atoms with Gasteiger partial charge < -0.3 is 5.32 Å². The van der Waals surface area contributed by atoms with Crippen molar-refractivity contribution in [2.24, 2.45) is 11.3 Å². The van der Waals surface area contributed by atoms with Gasteiger partial charge in [-0.15, -0.1) is 11.3 Å². The van der Waals surface area contributed by atoms with E-state index >= 15 is 0 Å². The molecule has 0 aliphatic heterocycles. The van der Waals surface area contributed by atoms with Gasteiger partial charge in [-0.05, 0) is 36.4 Å². The highest BCUT2D eigenvalue weighted by Crippen LogP contribution is 2.28. The fourth-order valence-corrected chi connectivity index (χ4v) is 4.42. The lowest BCUT2D eigenvalue weighted by Gasteiger charge is -2.29. The van der Waals surface area contributed by atoms with Crippen molar-refractivity contribution < 1.29 is 8.42 Å². The second-order valence-electron chi connectivity index (χ2n) is 6.42. The second-order valence-corrected chi connectivity index (χ2v) is 9.55. The Bertz CT molecular complexity index is 560. The molecule has 4 nitrogen and oxygen atoms in total. The predicted octanol–water partition coefficient (Wildman–Crippen LogP) is 3.13. The minimum atomic E-state index is -3.41. The van der Waals surface area contributed by atoms with Crippen LogP contribution < -0.4 is 10.0 Å². The Labute approximate surface area is 133 Å². The molecule has 0 unspecified atom stereocenters. The van der Waals surface area contributed by atoms with E-state index < -0.39 is 10.0 Å². The van der Waals surface area contributed by atoms with E-state index in [2.05, 4.69) is 37.7 Å². The van der Waals surface area contributed by atoms with Crippen LogP contribution >= 0.6 is 11.3 Å². The first kappa shape index (κ1) is 18.6. The molecule has 0 spiro atoms. The normalized spacial score (nSPS) is 13.1. The predicted molar refractivity (Wildman–Crippen MR) is 90.2 cm³/mol. The third-order valence-corrected chi connectivity index (χ3v) is 7.19. The van der Waals surface area contributed by atoms with Gasteiger partial charge in [0.25, 0.3) is 0 Å². The highest BCUT2D eigenvalue weighted by molar-refractivity contribution is 7.91. The lowest BCUT2D eigenvalue weighted by molar-refractivity contribution is 0.252. The minimum absolute atomic E-state index is 0.0635. The molecular weight excluding hydrogens is 304 g/mol. The van der Waals surface area contributed by atoms with E-state index in [9.17, 15) is 8.42 Å². The van der Waals surface area contributed by atoms with Crippen LogP contribution in [0.2, 0.25) is 0 Å². The molecule has 0 fully saturated rings. The first-order valence-electron chi connectivity index (χ1n) is 7.40. The van der Waals surface area contributed by atoms with E-state index in [1.54, 1.807) is 6.07 Å². The van der Waals surface area contributed by atoms with Gasteiger partial charge in [0, 0.05) is 18.0 Å². The van der Waals surface area contributed by atoms with Crippen LogP contribution in [0.5, 0.6) is 0 Å². The van der Waals surface area contributed by atoms with Gasteiger partial charge >= 0.3 is 0 Å². The third-order valence-electron chi connectivity index (χ3n) is 4.08. The molecule has 0 saturated heterocycles. The average Bonchev–Trinajstić information content (AvgIpc) is 2.76. The Hall–Kier alpha value is -0.430. The second kappa shape index (κ2) is 7.22. The zero-order chi connectivity index (χ0) is 16.3. The zero-order valence-electron chi connectivity index (χ0n) is 13.9. The van der Waals surface area contributed by atoms with Gasteiger partial charge in [0.15, 0.2) is 0 Å². The van der Waals surface area contributed by atoms with Gasteiger partial charge in [0.05, 0.1) is 0 Å². The van der Waals surface area contributed by atoms with Gasteiger partial charge in [-0.2, -0.15) is 0 Å². The fraction of sp³-hybridized carbons (Fsp3) is 0.733. The molecule has 1 heterocycles. The van der Waals surface area contributed by atoms with Crippen LogP contribution in [0.15, 0.2) is 10.3 Å². The van der Waals surface area contributed by atoms with E-state index in [-0.39, 0.29) is 5.41 Å². The third kappa shape index (κ3) is 5.06. The van der Waals surface area contributed by atoms with Crippen LogP contribution in [-0.2, 0) is 16.6 Å². The molecule has 0 bridgehead atoms. The molecule has 21 heavy (non-hydrogen) atoms. The topological polar surface area (TPSA) is 58.2 Å². The average molecular weight is 333 g/mol. The molecule has 122 valence electrons. The first-order chi connectivity index (χ1) is 9.60. The monoisotopic (exact) mass is 332 g/mol. The van der Waals surface area contributed by atoms with E-state index in [1.807, 2.05) is 13.8 Å². The van der Waals surface area contributed by atoms with Crippen molar-refractivity contribution >= 4 is 21.4 Å². The Kier molecular flexibility index (Phi) is 6.40. The van der Waals surface area contributed by atoms with Crippen LogP contribution in [0.25, 0.3) is 0 Å². The van der Waals surface area contributed by atoms with Crippen molar-refractivity contribution in [3.63, 3.8) is 0 Å². The standard InChI is InChI=1S/C15H28N2O2S2/c1-7-16-9-13-12(4)8-14(20-13)21(18,19)17-10-15(5,6)11(2)3/h8,11,16-17H,7,9-10H2,1-6H3. The minimum Gasteiger partial charge on any atom is -0.312 e. The Morgan fingerprint density at radius 3 is 2.48 bits per heavy atom. The molecule has 0 amide bonds. The summed E-state index contributed by atoms with van der Waals surface area (Å²) in [6.07, 6.45) is 0. The summed E-state index contributed by atoms with van der Waals surface area (Å²) in [5.41, 5.74) is 0.968. The SMILES string of the molecule is CCNCc1sc(S(=O)(=O)NCC(C)(C)C(C)C)cc1C. The van der Waals surface area contributed by atoms with Crippen LogP contribution in [0.3, 0.4) is 0 Å². The summed E-state index contributed by atoms with van der Waals surface area (Å²) in [4.78, 5) is 1.08. The molecule has 0 radical (unpaired) electrons. The number of hydrogen-bond acceptors (Lipinski definition) is 4. The Morgan fingerprint density at radius 1 is 1.33 bits per heavy atom. The van der Waals surface area contributed by atoms with Gasteiger partial charge in [-0.1, -0.05) is 34.6 Å². The van der Waals surface area contributed by atoms with Crippen LogP contribution in [-0.4, -0.2) is 21.5 Å². The molecule has 2 N–H and O–H groups in total. The van der Waals surface area contributed by atoms with E-state index in [0.717, 1.165) is 23.5 Å². The van der Waals surface area contributed by atoms with Gasteiger partial charge in [0.1, 0.15) is 4.21 Å². The van der Waals surface area contributed by atoms with Crippen LogP contribution in [0.1, 0.15) is 45.1 Å². The quantitative estimate of drug-likeness (QED) is 0.769. The summed E-state index contributed by atoms with van der Waals surface area (Å²) in [5.74, 6) is 0.412. The smallest absolute Gasteiger partial charge is 0.250 e. The molecule has 0 aromatic carbocycles. The van der Waals surface area contributed by atoms with Crippen molar-refractivity contribution in [1.82, 2.24) is 10.0 Å². The Balaban J connectivity index is 2.84. The van der Waals surface area contributed by atoms with Crippen molar-refractivity contribution in [1.29, 1.82) is 0 Å². The van der Waals surface area contributed by atoms with Crippen molar-refractivity contribution in [2.75, 3.05) is 13.1 Å². The number of rotatable bonds is 8. The maximum absolute atomic E-state index is 12.4. The van der Waals surface area contributed by atoms with E-state index in [4.69, 9.17) is 0 Å². The molecule has 1 aromatic heterocycles. The van der Waals surface area contributed by atoms with Crippen LogP contribution in [0.4, 0.5) is 0 Å². The molecule has 1 rings (SSSR count). The highest BCUT2D eigenvalue weighted by Gasteiger charge is 2.26. The van der Waals surface area contributed by atoms with Gasteiger partial charge in [0.2, 0.25) is 10.0 Å². The Morgan fingerprint density at radius 2 is 1.95 bits per heavy atom. The zero-order valence-corrected chi connectivity index (χ0v) is 15.5. The molecule has 1 aromatic rings. The van der Waals surface area contributed by atoms with Crippen molar-refractivity contribution in [3.05, 3.63) is 16.5 Å².